The van der Waals surface area contributed by atoms with Gasteiger partial charge < -0.3 is 23.8 Å². The van der Waals surface area contributed by atoms with Crippen molar-refractivity contribution in [1.29, 1.82) is 0 Å². The van der Waals surface area contributed by atoms with Gasteiger partial charge in [-0.15, -0.1) is 10.2 Å². The van der Waals surface area contributed by atoms with E-state index in [0.29, 0.717) is 26.5 Å². The molecule has 0 spiro atoms. The standard InChI is InChI=1S/C18H22ClNO3.C14H13F4N3O2S.C12H8F3N5O3S/c1-3-4-5-7-13(2)23-17(21)12-22-16-10-9-15(19)14-8-6-11-20-18(14)16;1-8(2)21(10-5-3-9(15)4-6-10)11(22)7-23-13-20-19-12(24-13)14(16,17)18;1-23-12-16-5-8(15)10-17-11(18-20(10)12)24(21,22)19-9-6(13)3-2-4-7(9)14/h6,8-11,13H,3-5,7,12H2,1-2H3;3-6,8H,7H2,1-2H3;2-5,19H,1H3. The quantitative estimate of drug-likeness (QED) is 0.0513. The molecule has 380 valence electrons. The van der Waals surface area contributed by atoms with E-state index < -0.39 is 73.5 Å². The first-order chi connectivity index (χ1) is 33.6. The molecule has 1 N–H and O–H groups in total. The maximum absolute atomic E-state index is 13.7. The number of pyridine rings is 1. The van der Waals surface area contributed by atoms with E-state index in [-0.39, 0.29) is 47.3 Å². The van der Waals surface area contributed by atoms with E-state index in [0.717, 1.165) is 55.5 Å². The molecule has 3 aromatic carbocycles. The highest BCUT2D eigenvalue weighted by Crippen LogP contribution is 2.34. The van der Waals surface area contributed by atoms with Crippen molar-refractivity contribution in [2.75, 3.05) is 29.9 Å². The van der Waals surface area contributed by atoms with Crippen molar-refractivity contribution in [1.82, 2.24) is 34.8 Å². The number of para-hydroxylation sites is 1. The molecule has 71 heavy (non-hydrogen) atoms. The van der Waals surface area contributed by atoms with Crippen LogP contribution in [0.5, 0.6) is 17.0 Å². The molecule has 0 fully saturated rings. The monoisotopic (exact) mass is 1060 g/mol. The van der Waals surface area contributed by atoms with Gasteiger partial charge in [0.15, 0.2) is 24.7 Å². The predicted molar refractivity (Wildman–Crippen MR) is 246 cm³/mol. The molecule has 0 aliphatic heterocycles. The number of alkyl halides is 3. The third-order valence-corrected chi connectivity index (χ3v) is 11.7. The van der Waals surface area contributed by atoms with Crippen LogP contribution in [0.15, 0.2) is 84.3 Å². The summed E-state index contributed by atoms with van der Waals surface area (Å²) in [6, 6.07) is 14.7. The average molecular weight is 1060 g/mol. The zero-order chi connectivity index (χ0) is 52.0. The molecule has 7 aromatic rings. The number of fused-ring (bicyclic) bond motifs is 2. The Morgan fingerprint density at radius 1 is 0.887 bits per heavy atom. The van der Waals surface area contributed by atoms with Crippen molar-refractivity contribution in [3.8, 4) is 17.0 Å². The molecular weight excluding hydrogens is 1020 g/mol. The summed E-state index contributed by atoms with van der Waals surface area (Å²) in [7, 11) is -3.37. The van der Waals surface area contributed by atoms with Crippen molar-refractivity contribution in [2.45, 2.75) is 76.9 Å². The summed E-state index contributed by atoms with van der Waals surface area (Å²) in [5.74, 6) is -4.00. The molecule has 0 saturated heterocycles. The minimum atomic E-state index is -4.61. The van der Waals surface area contributed by atoms with E-state index in [9.17, 15) is 48.7 Å². The molecular formula is C44H43ClF7N9O8S2. The second-order valence-electron chi connectivity index (χ2n) is 14.9. The third kappa shape index (κ3) is 15.0. The van der Waals surface area contributed by atoms with E-state index in [1.807, 2.05) is 19.1 Å². The number of esters is 1. The van der Waals surface area contributed by atoms with Crippen LogP contribution in [-0.2, 0) is 30.5 Å². The second kappa shape index (κ2) is 24.8. The number of halogens is 8. The molecule has 0 radical (unpaired) electrons. The Bertz CT molecular complexity index is 3020. The SMILES string of the molecule is CC(C)N(C(=O)COc1nnc(C(F)(F)F)s1)c1ccc(F)cc1.CCCCCC(C)OC(=O)COc1ccc(Cl)c2cccnc12.COc1ncc(F)c2nc(S(=O)(=O)Nc3c(F)cccc3F)nn12. The Morgan fingerprint density at radius 2 is 1.59 bits per heavy atom. The number of hydrogen-bond acceptors (Lipinski definition) is 15. The number of aromatic nitrogens is 7. The molecule has 1 amide bonds. The Hall–Kier alpha value is -6.93. The van der Waals surface area contributed by atoms with Crippen LogP contribution in [0.4, 0.5) is 42.1 Å². The molecule has 0 aliphatic carbocycles. The summed E-state index contributed by atoms with van der Waals surface area (Å²) in [6.07, 6.45) is 1.99. The molecule has 0 aliphatic rings. The fraction of sp³-hybridized carbons (Fsp3) is 0.318. The molecule has 1 unspecified atom stereocenters. The van der Waals surface area contributed by atoms with E-state index >= 15 is 0 Å². The van der Waals surface area contributed by atoms with Crippen LogP contribution >= 0.6 is 22.9 Å². The Morgan fingerprint density at radius 3 is 2.23 bits per heavy atom. The van der Waals surface area contributed by atoms with E-state index in [1.54, 1.807) is 36.9 Å². The molecule has 7 rings (SSSR count). The molecule has 0 bridgehead atoms. The highest BCUT2D eigenvalue weighted by Gasteiger charge is 2.36. The fourth-order valence-corrected chi connectivity index (χ4v) is 7.83. The lowest BCUT2D eigenvalue weighted by Gasteiger charge is -2.26. The summed E-state index contributed by atoms with van der Waals surface area (Å²) >= 11 is 6.34. The molecule has 27 heteroatoms. The van der Waals surface area contributed by atoms with Gasteiger partial charge in [-0.05, 0) is 94.3 Å². The molecule has 17 nitrogen and oxygen atoms in total. The second-order valence-corrected chi connectivity index (χ2v) is 17.9. The zero-order valence-corrected chi connectivity index (χ0v) is 40.5. The smallest absolute Gasteiger partial charge is 0.445 e. The van der Waals surface area contributed by atoms with Crippen LogP contribution < -0.4 is 23.8 Å². The van der Waals surface area contributed by atoms with Gasteiger partial charge in [-0.2, -0.15) is 31.1 Å². The van der Waals surface area contributed by atoms with Crippen molar-refractivity contribution < 1.29 is 67.7 Å². The number of unbranched alkanes of at least 4 members (excludes halogenated alkanes) is 2. The van der Waals surface area contributed by atoms with Gasteiger partial charge in [0.25, 0.3) is 26.3 Å². The summed E-state index contributed by atoms with van der Waals surface area (Å²) in [5.41, 5.74) is -0.282. The van der Waals surface area contributed by atoms with Gasteiger partial charge in [-0.3, -0.25) is 14.5 Å². The number of carbonyl (C=O) groups excluding carboxylic acids is 2. The summed E-state index contributed by atoms with van der Waals surface area (Å²) in [5, 5.41) is 8.77. The number of rotatable bonds is 17. The van der Waals surface area contributed by atoms with E-state index in [2.05, 4.69) is 37.2 Å². The van der Waals surface area contributed by atoms with Crippen molar-refractivity contribution in [3.63, 3.8) is 0 Å². The fourth-order valence-electron chi connectivity index (χ4n) is 6.11. The van der Waals surface area contributed by atoms with Gasteiger partial charge in [-0.1, -0.05) is 53.9 Å². The number of sulfonamides is 1. The van der Waals surface area contributed by atoms with E-state index in [4.69, 9.17) is 30.5 Å². The molecule has 0 saturated carbocycles. The van der Waals surface area contributed by atoms with Crippen LogP contribution in [0.25, 0.3) is 16.6 Å². The highest BCUT2D eigenvalue weighted by molar-refractivity contribution is 7.92. The number of amides is 1. The first kappa shape index (κ1) is 55.0. The maximum Gasteiger partial charge on any atom is 0.445 e. The van der Waals surface area contributed by atoms with Crippen LogP contribution in [0.1, 0.15) is 58.4 Å². The highest BCUT2D eigenvalue weighted by atomic mass is 35.5. The Balaban J connectivity index is 0.000000198. The van der Waals surface area contributed by atoms with Gasteiger partial charge in [0.1, 0.15) is 34.4 Å². The summed E-state index contributed by atoms with van der Waals surface area (Å²) < 4.78 is 139. The maximum atomic E-state index is 13.7. The average Bonchev–Trinajstić information content (AvgIpc) is 4.01. The lowest BCUT2D eigenvalue weighted by Crippen LogP contribution is -2.40. The number of anilines is 2. The number of benzene rings is 3. The first-order valence-corrected chi connectivity index (χ1v) is 23.7. The minimum absolute atomic E-state index is 0.0854. The lowest BCUT2D eigenvalue weighted by molar-refractivity contribution is -0.151. The van der Waals surface area contributed by atoms with Gasteiger partial charge in [0, 0.05) is 23.3 Å². The number of hydrogen-bond donors (Lipinski definition) is 1. The lowest BCUT2D eigenvalue weighted by atomic mass is 10.1. The first-order valence-electron chi connectivity index (χ1n) is 21.0. The van der Waals surface area contributed by atoms with Gasteiger partial charge in [0.2, 0.25) is 5.01 Å². The molecule has 1 atom stereocenters. The zero-order valence-electron chi connectivity index (χ0n) is 38.1. The Labute approximate surface area is 410 Å². The number of ether oxygens (including phenoxy) is 4. The van der Waals surface area contributed by atoms with E-state index in [1.165, 1.54) is 36.3 Å². The normalized spacial score (nSPS) is 11.8. The minimum Gasteiger partial charge on any atom is -0.480 e. The van der Waals surface area contributed by atoms with Gasteiger partial charge >= 0.3 is 18.2 Å². The van der Waals surface area contributed by atoms with Crippen molar-refractivity contribution in [2.24, 2.45) is 0 Å². The third-order valence-electron chi connectivity index (χ3n) is 9.32. The molecule has 4 aromatic heterocycles. The van der Waals surface area contributed by atoms with Crippen LogP contribution in [0.2, 0.25) is 5.02 Å². The Kier molecular flexibility index (Phi) is 19.2. The number of carbonyl (C=O) groups is 2. The predicted octanol–water partition coefficient (Wildman–Crippen LogP) is 9.65. The number of nitrogens with zero attached hydrogens (tertiary/aromatic N) is 8. The largest absolute Gasteiger partial charge is 0.480 e. The van der Waals surface area contributed by atoms with Crippen LogP contribution in [0, 0.1) is 23.3 Å². The summed E-state index contributed by atoms with van der Waals surface area (Å²) in [4.78, 5) is 36.8. The van der Waals surface area contributed by atoms with Crippen molar-refractivity contribution in [3.05, 3.63) is 112 Å². The van der Waals surface area contributed by atoms with Gasteiger partial charge in [-0.25, -0.2) is 27.3 Å². The van der Waals surface area contributed by atoms with Gasteiger partial charge in [0.05, 0.1) is 24.4 Å². The van der Waals surface area contributed by atoms with Crippen molar-refractivity contribution >= 4 is 72.8 Å². The number of methoxy groups -OCH3 is 1. The van der Waals surface area contributed by atoms with Crippen LogP contribution in [-0.4, -0.2) is 87.5 Å². The number of nitrogens with one attached hydrogen (secondary N) is 1. The summed E-state index contributed by atoms with van der Waals surface area (Å²) in [6.45, 7) is 6.90. The van der Waals surface area contributed by atoms with Crippen LogP contribution in [0.3, 0.4) is 0 Å². The molecule has 4 heterocycles. The topological polar surface area (TPSA) is 202 Å².